The molecular formula is C45H64N2O8. The molecule has 1 spiro atoms. The molecule has 16 unspecified atom stereocenters. The van der Waals surface area contributed by atoms with Gasteiger partial charge >= 0.3 is 5.97 Å². The molecule has 1 heterocycles. The van der Waals surface area contributed by atoms with Gasteiger partial charge in [-0.1, -0.05) is 50.3 Å². The van der Waals surface area contributed by atoms with Crippen molar-refractivity contribution < 1.29 is 39.9 Å². The van der Waals surface area contributed by atoms with Crippen molar-refractivity contribution in [3.63, 3.8) is 0 Å². The zero-order valence-electron chi connectivity index (χ0n) is 32.6. The fraction of sp³-hybridized carbons (Fsp3) is 0.822. The van der Waals surface area contributed by atoms with Gasteiger partial charge in [-0.25, -0.2) is 4.79 Å². The van der Waals surface area contributed by atoms with E-state index in [-0.39, 0.29) is 42.5 Å². The standard InChI is InChI=1S/C45H64N2O8/c1-46-17-18-47-24-29-19-28-23-43(52)40(13-4-5-14-42(29)33(38(28)40)22-37(50)55-42)16-12-36-41(25-48)15-11-35(49)32-20-27-9-6-10-30(26-7-2-3-8-26)31(27)21-34(44(32,41)53)39(51)45(36,43)54/h6,9,19,22,25-28,30-32,34-36,38-39,46-47,49,51-54H,2-5,7-8,10-18,20-21,23-24H2,1H3. The van der Waals surface area contributed by atoms with Crippen molar-refractivity contribution in [1.29, 1.82) is 0 Å². The fourth-order valence-corrected chi connectivity index (χ4v) is 16.8. The van der Waals surface area contributed by atoms with Crippen LogP contribution in [-0.2, 0) is 14.3 Å². The molecule has 302 valence electrons. The third kappa shape index (κ3) is 4.52. The predicted octanol–water partition coefficient (Wildman–Crippen LogP) is 3.50. The lowest BCUT2D eigenvalue weighted by molar-refractivity contribution is -0.375. The Hall–Kier alpha value is -1.92. The van der Waals surface area contributed by atoms with Gasteiger partial charge in [0.1, 0.15) is 17.5 Å². The van der Waals surface area contributed by atoms with Crippen molar-refractivity contribution in [3.05, 3.63) is 35.5 Å². The molecule has 0 aromatic rings. The van der Waals surface area contributed by atoms with Crippen LogP contribution in [0.2, 0.25) is 0 Å². The zero-order valence-corrected chi connectivity index (χ0v) is 32.6. The van der Waals surface area contributed by atoms with Gasteiger partial charge in [0.25, 0.3) is 0 Å². The Bertz CT molecular complexity index is 1690. The molecule has 2 bridgehead atoms. The highest BCUT2D eigenvalue weighted by molar-refractivity contribution is 5.88. The van der Waals surface area contributed by atoms with E-state index in [1.807, 2.05) is 7.05 Å². The molecule has 0 aromatic carbocycles. The normalized spacial score (nSPS) is 53.6. The van der Waals surface area contributed by atoms with Gasteiger partial charge in [0.15, 0.2) is 5.60 Å². The molecule has 0 radical (unpaired) electrons. The lowest BCUT2D eigenvalue weighted by Gasteiger charge is -2.73. The van der Waals surface area contributed by atoms with Gasteiger partial charge in [0.05, 0.1) is 23.2 Å². The summed E-state index contributed by atoms with van der Waals surface area (Å²) < 4.78 is 6.36. The van der Waals surface area contributed by atoms with E-state index in [2.05, 4.69) is 28.9 Å². The summed E-state index contributed by atoms with van der Waals surface area (Å²) in [5.74, 6) is -2.14. The molecule has 0 saturated heterocycles. The Morgan fingerprint density at radius 3 is 2.47 bits per heavy atom. The third-order valence-corrected chi connectivity index (χ3v) is 18.8. The number of hydrogen-bond donors (Lipinski definition) is 7. The largest absolute Gasteiger partial charge is 0.447 e. The summed E-state index contributed by atoms with van der Waals surface area (Å²) in [5, 5.41) is 73.3. The summed E-state index contributed by atoms with van der Waals surface area (Å²) in [7, 11) is 1.91. The average molecular weight is 761 g/mol. The molecule has 55 heavy (non-hydrogen) atoms. The number of hydrogen-bond acceptors (Lipinski definition) is 10. The minimum atomic E-state index is -2.11. The van der Waals surface area contributed by atoms with Gasteiger partial charge in [-0.15, -0.1) is 0 Å². The minimum Gasteiger partial charge on any atom is -0.447 e. The Morgan fingerprint density at radius 1 is 0.891 bits per heavy atom. The van der Waals surface area contributed by atoms with Crippen molar-refractivity contribution in [3.8, 4) is 0 Å². The summed E-state index contributed by atoms with van der Waals surface area (Å²) in [6, 6.07) is 0. The number of likely N-dealkylation sites (N-methyl/N-ethyl adjacent to an activating group) is 1. The molecule has 10 heteroatoms. The van der Waals surface area contributed by atoms with E-state index in [1.54, 1.807) is 6.08 Å². The molecule has 7 fully saturated rings. The van der Waals surface area contributed by atoms with Crippen molar-refractivity contribution in [2.45, 2.75) is 137 Å². The molecule has 10 aliphatic rings. The Labute approximate surface area is 325 Å². The highest BCUT2D eigenvalue weighted by Gasteiger charge is 2.85. The van der Waals surface area contributed by atoms with Gasteiger partial charge in [0.2, 0.25) is 0 Å². The SMILES string of the molecule is CNCCNCC1=CC2CC3(O)C4(CCCCC15OC(=O)C=C5C24)CCC1C2(C=O)CCC(O)C4CC5C=CCC(C6CCCC6)C5CC(C(O)C13O)C42O. The van der Waals surface area contributed by atoms with E-state index in [9.17, 15) is 35.1 Å². The van der Waals surface area contributed by atoms with E-state index >= 15 is 0 Å². The number of aliphatic hydroxyl groups is 5. The first-order valence-electron chi connectivity index (χ1n) is 22.1. The van der Waals surface area contributed by atoms with E-state index < -0.39 is 63.2 Å². The molecule has 16 atom stereocenters. The number of aldehydes is 1. The quantitative estimate of drug-likeness (QED) is 0.0884. The van der Waals surface area contributed by atoms with Gasteiger partial charge in [-0.2, -0.15) is 0 Å². The number of allylic oxidation sites excluding steroid dienone is 3. The monoisotopic (exact) mass is 760 g/mol. The molecule has 0 amide bonds. The maximum atomic E-state index is 14.1. The van der Waals surface area contributed by atoms with Crippen LogP contribution in [0.15, 0.2) is 35.5 Å². The average Bonchev–Trinajstić information content (AvgIpc) is 3.85. The van der Waals surface area contributed by atoms with Crippen LogP contribution in [0.25, 0.3) is 0 Å². The second kappa shape index (κ2) is 12.8. The summed E-state index contributed by atoms with van der Waals surface area (Å²) in [6.07, 6.45) is 18.1. The molecule has 7 saturated carbocycles. The van der Waals surface area contributed by atoms with Crippen molar-refractivity contribution in [2.75, 3.05) is 26.7 Å². The minimum absolute atomic E-state index is 0.0968. The van der Waals surface area contributed by atoms with E-state index in [4.69, 9.17) is 4.74 Å². The lowest BCUT2D eigenvalue weighted by atomic mass is 9.35. The maximum absolute atomic E-state index is 14.1. The summed E-state index contributed by atoms with van der Waals surface area (Å²) in [4.78, 5) is 27.5. The first-order chi connectivity index (χ1) is 26.5. The van der Waals surface area contributed by atoms with Crippen molar-refractivity contribution in [2.24, 2.45) is 64.1 Å². The molecule has 10 nitrogen and oxygen atoms in total. The van der Waals surface area contributed by atoms with E-state index in [0.717, 1.165) is 49.8 Å². The molecule has 1 aliphatic heterocycles. The van der Waals surface area contributed by atoms with Crippen LogP contribution < -0.4 is 10.6 Å². The number of aliphatic hydroxyl groups excluding tert-OH is 2. The summed E-state index contributed by atoms with van der Waals surface area (Å²) in [6.45, 7) is 2.05. The number of carbonyl (C=O) groups excluding carboxylic acids is 2. The van der Waals surface area contributed by atoms with Gasteiger partial charge in [-0.05, 0) is 124 Å². The summed E-state index contributed by atoms with van der Waals surface area (Å²) in [5.41, 5.74) is -6.98. The van der Waals surface area contributed by atoms with E-state index in [1.165, 1.54) is 25.7 Å². The molecule has 10 rings (SSSR count). The highest BCUT2D eigenvalue weighted by atomic mass is 16.6. The molecule has 0 aromatic heterocycles. The van der Waals surface area contributed by atoms with E-state index in [0.29, 0.717) is 63.3 Å². The van der Waals surface area contributed by atoms with Gasteiger partial charge < -0.3 is 45.7 Å². The van der Waals surface area contributed by atoms with Crippen LogP contribution in [0.1, 0.15) is 103 Å². The fourth-order valence-electron chi connectivity index (χ4n) is 16.8. The number of fused-ring (bicyclic) bond motifs is 4. The Balaban J connectivity index is 1.12. The third-order valence-electron chi connectivity index (χ3n) is 18.8. The van der Waals surface area contributed by atoms with Crippen molar-refractivity contribution in [1.82, 2.24) is 10.6 Å². The number of esters is 1. The smallest absolute Gasteiger partial charge is 0.332 e. The first-order valence-corrected chi connectivity index (χ1v) is 22.1. The summed E-state index contributed by atoms with van der Waals surface area (Å²) >= 11 is 0. The van der Waals surface area contributed by atoms with Crippen LogP contribution >= 0.6 is 0 Å². The van der Waals surface area contributed by atoms with Crippen LogP contribution in [0, 0.1) is 64.1 Å². The maximum Gasteiger partial charge on any atom is 0.332 e. The number of rotatable bonds is 7. The molecule has 9 aliphatic carbocycles. The number of carbonyl (C=O) groups is 2. The number of nitrogens with one attached hydrogen (secondary N) is 2. The van der Waals surface area contributed by atoms with Crippen LogP contribution in [0.4, 0.5) is 0 Å². The Kier molecular flexibility index (Phi) is 8.69. The van der Waals surface area contributed by atoms with Crippen LogP contribution in [0.3, 0.4) is 0 Å². The molecular weight excluding hydrogens is 697 g/mol. The zero-order chi connectivity index (χ0) is 38.2. The topological polar surface area (TPSA) is 169 Å². The Morgan fingerprint density at radius 2 is 1.69 bits per heavy atom. The van der Waals surface area contributed by atoms with Crippen LogP contribution in [-0.4, -0.2) is 99.1 Å². The predicted molar refractivity (Wildman–Crippen MR) is 204 cm³/mol. The first kappa shape index (κ1) is 37.4. The van der Waals surface area contributed by atoms with Crippen molar-refractivity contribution >= 4 is 12.3 Å². The van der Waals surface area contributed by atoms with Gasteiger partial charge in [0, 0.05) is 48.9 Å². The number of ether oxygens (including phenoxy) is 1. The lowest BCUT2D eigenvalue weighted by Crippen LogP contribution is -2.85. The molecule has 7 N–H and O–H groups in total. The highest BCUT2D eigenvalue weighted by Crippen LogP contribution is 2.78. The van der Waals surface area contributed by atoms with Gasteiger partial charge in [-0.3, -0.25) is 0 Å². The second-order valence-electron chi connectivity index (χ2n) is 20.2. The van der Waals surface area contributed by atoms with Crippen LogP contribution in [0.5, 0.6) is 0 Å². The second-order valence-corrected chi connectivity index (χ2v) is 20.2.